The van der Waals surface area contributed by atoms with Crippen molar-refractivity contribution in [1.29, 1.82) is 0 Å². The molecule has 5 heteroatoms. The molecule has 8 heavy (non-hydrogen) atoms. The first kappa shape index (κ1) is 7.74. The average Bonchev–Trinajstić information content (AvgIpc) is 1.68. The van der Waals surface area contributed by atoms with Crippen molar-refractivity contribution in [1.82, 2.24) is 0 Å². The maximum Gasteiger partial charge on any atom is 0.116 e. The Morgan fingerprint density at radius 2 is 1.62 bits per heavy atom. The van der Waals surface area contributed by atoms with Crippen molar-refractivity contribution in [2.75, 3.05) is 13.2 Å². The fraction of sp³-hybridized carbons (Fsp3) is 1.00. The Morgan fingerprint density at radius 1 is 1.25 bits per heavy atom. The molecule has 0 atom stereocenters. The van der Waals surface area contributed by atoms with Crippen LogP contribution < -0.4 is 0 Å². The lowest BCUT2D eigenvalue weighted by Crippen LogP contribution is -2.17. The van der Waals surface area contributed by atoms with Gasteiger partial charge in [0.1, 0.15) is 19.3 Å². The van der Waals surface area contributed by atoms with E-state index in [-0.39, 0.29) is 0 Å². The lowest BCUT2D eigenvalue weighted by Gasteiger charge is -2.00. The lowest BCUT2D eigenvalue weighted by atomic mass is 10.4. The fourth-order valence-electron chi connectivity index (χ4n) is 0.194. The first-order valence-corrected chi connectivity index (χ1v) is 1.96. The summed E-state index contributed by atoms with van der Waals surface area (Å²) in [5, 5.41) is 8.32. The zero-order valence-electron chi connectivity index (χ0n) is 4.01. The molecule has 0 fully saturated rings. The minimum atomic E-state index is -1.23. The molecule has 0 aliphatic heterocycles. The zero-order chi connectivity index (χ0) is 6.41. The molecule has 0 unspecified atom stereocenters. The van der Waals surface area contributed by atoms with Gasteiger partial charge < -0.3 is 5.11 Å². The molecule has 50 valence electrons. The third-order valence-electron chi connectivity index (χ3n) is 0.511. The summed E-state index contributed by atoms with van der Waals surface area (Å²) >= 11 is 0. The van der Waals surface area contributed by atoms with Crippen molar-refractivity contribution in [3.8, 4) is 0 Å². The second kappa shape index (κ2) is 4.89. The maximum absolute atomic E-state index is 10.7. The summed E-state index contributed by atoms with van der Waals surface area (Å²) in [5.41, 5.74) is 0. The van der Waals surface area contributed by atoms with Gasteiger partial charge in [0.25, 0.3) is 0 Å². The number of hydrogen-bond acceptors (Lipinski definition) is 3. The highest BCUT2D eigenvalue weighted by atomic mass is 19.3. The molecule has 0 aromatic heterocycles. The molecule has 0 aliphatic rings. The van der Waals surface area contributed by atoms with Crippen molar-refractivity contribution >= 4 is 0 Å². The van der Waals surface area contributed by atoms with Crippen LogP contribution in [-0.2, 0) is 9.88 Å². The van der Waals surface area contributed by atoms with E-state index in [0.717, 1.165) is 0 Å². The summed E-state index contributed by atoms with van der Waals surface area (Å²) in [4.78, 5) is 5.92. The van der Waals surface area contributed by atoms with E-state index in [1.54, 1.807) is 0 Å². The van der Waals surface area contributed by atoms with E-state index in [4.69, 9.17) is 5.11 Å². The van der Waals surface area contributed by atoms with E-state index in [9.17, 15) is 9.05 Å². The van der Waals surface area contributed by atoms with Crippen LogP contribution in [0.4, 0.5) is 9.05 Å². The smallest absolute Gasteiger partial charge is 0.116 e. The second-order valence-electron chi connectivity index (χ2n) is 1.21. The molecule has 0 heterocycles. The molecule has 0 saturated carbocycles. The summed E-state index contributed by atoms with van der Waals surface area (Å²) < 4.78 is 21.5. The van der Waals surface area contributed by atoms with Gasteiger partial charge in [0.2, 0.25) is 0 Å². The van der Waals surface area contributed by atoms with Gasteiger partial charge in [-0.2, -0.15) is 9.88 Å². The number of hydrogen-bond donors (Lipinski definition) is 1. The van der Waals surface area contributed by atoms with Crippen molar-refractivity contribution in [2.45, 2.75) is 6.10 Å². The van der Waals surface area contributed by atoms with Crippen molar-refractivity contribution in [3.63, 3.8) is 0 Å². The molecule has 0 aliphatic carbocycles. The topological polar surface area (TPSA) is 38.7 Å². The van der Waals surface area contributed by atoms with Gasteiger partial charge in [0, 0.05) is 0 Å². The molecule has 0 spiro atoms. The average molecular weight is 128 g/mol. The summed E-state index contributed by atoms with van der Waals surface area (Å²) in [6.45, 7) is -1.13. The lowest BCUT2D eigenvalue weighted by molar-refractivity contribution is -0.198. The Morgan fingerprint density at radius 3 is 1.88 bits per heavy atom. The van der Waals surface area contributed by atoms with Gasteiger partial charge >= 0.3 is 0 Å². The van der Waals surface area contributed by atoms with Gasteiger partial charge in [-0.25, -0.2) is 0 Å². The van der Waals surface area contributed by atoms with Gasteiger partial charge in [-0.1, -0.05) is 0 Å². The molecule has 3 nitrogen and oxygen atoms in total. The highest BCUT2D eigenvalue weighted by Gasteiger charge is 2.03. The number of rotatable bonds is 4. The van der Waals surface area contributed by atoms with Crippen molar-refractivity contribution in [2.24, 2.45) is 0 Å². The minimum Gasteiger partial charge on any atom is -0.388 e. The predicted octanol–water partition coefficient (Wildman–Crippen LogP) is 0.150. The SMILES string of the molecule is OC(COF)COF. The molecule has 0 rings (SSSR count). The van der Waals surface area contributed by atoms with Crippen LogP contribution in [0.5, 0.6) is 0 Å². The summed E-state index contributed by atoms with van der Waals surface area (Å²) in [5.74, 6) is 0. The first-order chi connectivity index (χ1) is 3.81. The van der Waals surface area contributed by atoms with Crippen molar-refractivity contribution < 1.29 is 24.0 Å². The van der Waals surface area contributed by atoms with Gasteiger partial charge in [-0.3, -0.25) is 0 Å². The van der Waals surface area contributed by atoms with E-state index in [1.807, 2.05) is 0 Å². The van der Waals surface area contributed by atoms with E-state index in [1.165, 1.54) is 0 Å². The van der Waals surface area contributed by atoms with Crippen LogP contribution in [0.1, 0.15) is 0 Å². The Labute approximate surface area is 44.6 Å². The van der Waals surface area contributed by atoms with Gasteiger partial charge in [0.15, 0.2) is 0 Å². The quantitative estimate of drug-likeness (QED) is 0.585. The van der Waals surface area contributed by atoms with Crippen LogP contribution in [0.15, 0.2) is 0 Å². The van der Waals surface area contributed by atoms with Crippen LogP contribution in [0.3, 0.4) is 0 Å². The van der Waals surface area contributed by atoms with Crippen LogP contribution >= 0.6 is 0 Å². The van der Waals surface area contributed by atoms with E-state index >= 15 is 0 Å². The third kappa shape index (κ3) is 3.91. The number of aliphatic hydroxyl groups excluding tert-OH is 1. The van der Waals surface area contributed by atoms with Crippen LogP contribution in [0.2, 0.25) is 0 Å². The normalized spacial score (nSPS) is 10.5. The monoisotopic (exact) mass is 128 g/mol. The Bertz CT molecular complexity index is 45.8. The highest BCUT2D eigenvalue weighted by molar-refractivity contribution is 4.46. The Hall–Kier alpha value is -0.260. The molecule has 0 bridgehead atoms. The van der Waals surface area contributed by atoms with Crippen LogP contribution in [0.25, 0.3) is 0 Å². The van der Waals surface area contributed by atoms with Gasteiger partial charge in [-0.15, -0.1) is 0 Å². The highest BCUT2D eigenvalue weighted by Crippen LogP contribution is 1.86. The fourth-order valence-corrected chi connectivity index (χ4v) is 0.194. The van der Waals surface area contributed by atoms with Crippen molar-refractivity contribution in [3.05, 3.63) is 0 Å². The van der Waals surface area contributed by atoms with E-state index < -0.39 is 19.3 Å². The van der Waals surface area contributed by atoms with Gasteiger partial charge in [0.05, 0.1) is 0 Å². The first-order valence-electron chi connectivity index (χ1n) is 1.96. The molecular weight excluding hydrogens is 122 g/mol. The molecule has 0 radical (unpaired) electrons. The van der Waals surface area contributed by atoms with Crippen LogP contribution in [0, 0.1) is 0 Å². The van der Waals surface area contributed by atoms with E-state index in [0.29, 0.717) is 0 Å². The zero-order valence-corrected chi connectivity index (χ0v) is 4.01. The summed E-state index contributed by atoms with van der Waals surface area (Å²) in [7, 11) is 0. The maximum atomic E-state index is 10.7. The Balaban J connectivity index is 2.92. The van der Waals surface area contributed by atoms with E-state index in [2.05, 4.69) is 9.88 Å². The predicted molar refractivity (Wildman–Crippen MR) is 20.1 cm³/mol. The molecule has 0 aromatic rings. The molecule has 0 saturated heterocycles. The number of halogens is 2. The second-order valence-corrected chi connectivity index (χ2v) is 1.21. The standard InChI is InChI=1S/C3H6F2O3/c4-7-1-3(6)2-8-5/h3,6H,1-2H2. The molecular formula is C3H6F2O3. The molecule has 0 amide bonds. The minimum absolute atomic E-state index is 0.566. The molecule has 1 N–H and O–H groups in total. The van der Waals surface area contributed by atoms with Gasteiger partial charge in [-0.05, 0) is 9.05 Å². The largest absolute Gasteiger partial charge is 0.388 e. The summed E-state index contributed by atoms with van der Waals surface area (Å²) in [6.07, 6.45) is -1.23. The Kier molecular flexibility index (Phi) is 4.73. The number of aliphatic hydroxyl groups is 1. The third-order valence-corrected chi connectivity index (χ3v) is 0.511. The summed E-state index contributed by atoms with van der Waals surface area (Å²) in [6, 6.07) is 0. The van der Waals surface area contributed by atoms with Crippen LogP contribution in [-0.4, -0.2) is 24.4 Å². The molecule has 0 aromatic carbocycles.